The van der Waals surface area contributed by atoms with Gasteiger partial charge in [0.2, 0.25) is 0 Å². The number of benzene rings is 1. The monoisotopic (exact) mass is 257 g/mol. The summed E-state index contributed by atoms with van der Waals surface area (Å²) in [5.41, 5.74) is 1.30. The van der Waals surface area contributed by atoms with Crippen molar-refractivity contribution >= 4 is 15.9 Å². The van der Waals surface area contributed by atoms with Crippen LogP contribution in [0.3, 0.4) is 0 Å². The minimum atomic E-state index is 0.403. The molecule has 0 bridgehead atoms. The van der Waals surface area contributed by atoms with E-state index in [1.54, 1.807) is 7.11 Å². The van der Waals surface area contributed by atoms with Gasteiger partial charge < -0.3 is 10.1 Å². The lowest BCUT2D eigenvalue weighted by atomic mass is 10.0. The highest BCUT2D eigenvalue weighted by Crippen LogP contribution is 2.24. The molecule has 1 aromatic rings. The molecular formula is C11H16BrNO. The molecule has 3 heteroatoms. The molecule has 0 fully saturated rings. The topological polar surface area (TPSA) is 21.3 Å². The summed E-state index contributed by atoms with van der Waals surface area (Å²) < 4.78 is 6.36. The third-order valence-corrected chi connectivity index (χ3v) is 2.89. The third kappa shape index (κ3) is 3.08. The lowest BCUT2D eigenvalue weighted by molar-refractivity contribution is 0.178. The van der Waals surface area contributed by atoms with Crippen LogP contribution in [0.5, 0.6) is 0 Å². The van der Waals surface area contributed by atoms with E-state index in [4.69, 9.17) is 4.74 Å². The molecule has 0 aliphatic carbocycles. The minimum absolute atomic E-state index is 0.403. The van der Waals surface area contributed by atoms with Crippen molar-refractivity contribution in [1.82, 2.24) is 5.32 Å². The van der Waals surface area contributed by atoms with Gasteiger partial charge in [0, 0.05) is 24.0 Å². The summed E-state index contributed by atoms with van der Waals surface area (Å²) in [5.74, 6) is 0.403. The van der Waals surface area contributed by atoms with E-state index in [-0.39, 0.29) is 0 Å². The van der Waals surface area contributed by atoms with E-state index in [9.17, 15) is 0 Å². The number of nitrogens with one attached hydrogen (secondary N) is 1. The first-order valence-electron chi connectivity index (χ1n) is 4.67. The molecule has 0 heterocycles. The highest BCUT2D eigenvalue weighted by atomic mass is 79.9. The van der Waals surface area contributed by atoms with Crippen molar-refractivity contribution in [3.05, 3.63) is 34.3 Å². The molecule has 1 unspecified atom stereocenters. The van der Waals surface area contributed by atoms with Crippen LogP contribution in [0, 0.1) is 0 Å². The van der Waals surface area contributed by atoms with Crippen molar-refractivity contribution in [1.29, 1.82) is 0 Å². The number of hydrogen-bond donors (Lipinski definition) is 1. The van der Waals surface area contributed by atoms with Crippen molar-refractivity contribution in [3.63, 3.8) is 0 Å². The fourth-order valence-corrected chi connectivity index (χ4v) is 2.12. The van der Waals surface area contributed by atoms with Crippen LogP contribution in [0.1, 0.15) is 11.5 Å². The van der Waals surface area contributed by atoms with Crippen molar-refractivity contribution in [3.8, 4) is 0 Å². The van der Waals surface area contributed by atoms with E-state index >= 15 is 0 Å². The lowest BCUT2D eigenvalue weighted by Gasteiger charge is -2.17. The van der Waals surface area contributed by atoms with Crippen molar-refractivity contribution < 1.29 is 4.74 Å². The zero-order chi connectivity index (χ0) is 10.4. The summed E-state index contributed by atoms with van der Waals surface area (Å²) in [7, 11) is 3.69. The van der Waals surface area contributed by atoms with Crippen LogP contribution < -0.4 is 5.32 Å². The predicted octanol–water partition coefficient (Wildman–Crippen LogP) is 2.40. The van der Waals surface area contributed by atoms with Gasteiger partial charge >= 0.3 is 0 Å². The zero-order valence-electron chi connectivity index (χ0n) is 8.59. The van der Waals surface area contributed by atoms with Gasteiger partial charge in [0.1, 0.15) is 0 Å². The number of halogens is 1. The molecule has 14 heavy (non-hydrogen) atoms. The standard InChI is InChI=1S/C11H16BrNO/c1-13-7-9(8-14-2)10-5-3-4-6-11(10)12/h3-6,9,13H,7-8H2,1-2H3. The van der Waals surface area contributed by atoms with Crippen LogP contribution in [0.2, 0.25) is 0 Å². The quantitative estimate of drug-likeness (QED) is 0.875. The Labute approximate surface area is 93.8 Å². The minimum Gasteiger partial charge on any atom is -0.384 e. The molecule has 0 spiro atoms. The first kappa shape index (κ1) is 11.7. The summed E-state index contributed by atoms with van der Waals surface area (Å²) in [4.78, 5) is 0. The molecule has 78 valence electrons. The molecule has 0 aliphatic rings. The number of rotatable bonds is 5. The fraction of sp³-hybridized carbons (Fsp3) is 0.455. The molecule has 0 amide bonds. The van der Waals surface area contributed by atoms with Crippen LogP contribution in [0.25, 0.3) is 0 Å². The van der Waals surface area contributed by atoms with Gasteiger partial charge in [0.15, 0.2) is 0 Å². The van der Waals surface area contributed by atoms with E-state index in [2.05, 4.69) is 39.4 Å². The Morgan fingerprint density at radius 2 is 2.14 bits per heavy atom. The largest absolute Gasteiger partial charge is 0.384 e. The van der Waals surface area contributed by atoms with Crippen LogP contribution >= 0.6 is 15.9 Å². The Bertz CT molecular complexity index is 272. The van der Waals surface area contributed by atoms with Gasteiger partial charge in [-0.2, -0.15) is 0 Å². The van der Waals surface area contributed by atoms with Crippen LogP contribution in [-0.2, 0) is 4.74 Å². The average molecular weight is 258 g/mol. The van der Waals surface area contributed by atoms with Crippen LogP contribution in [0.4, 0.5) is 0 Å². The Morgan fingerprint density at radius 3 is 2.71 bits per heavy atom. The number of hydrogen-bond acceptors (Lipinski definition) is 2. The number of methoxy groups -OCH3 is 1. The van der Waals surface area contributed by atoms with Crippen LogP contribution in [0.15, 0.2) is 28.7 Å². The Hall–Kier alpha value is -0.380. The summed E-state index contributed by atoms with van der Waals surface area (Å²) in [6.07, 6.45) is 0. The fourth-order valence-electron chi connectivity index (χ4n) is 1.51. The molecule has 0 aromatic heterocycles. The zero-order valence-corrected chi connectivity index (χ0v) is 10.2. The molecule has 1 aromatic carbocycles. The van der Waals surface area contributed by atoms with Gasteiger partial charge in [-0.1, -0.05) is 34.1 Å². The van der Waals surface area contributed by atoms with Crippen molar-refractivity contribution in [2.24, 2.45) is 0 Å². The maximum Gasteiger partial charge on any atom is 0.0543 e. The molecule has 0 radical (unpaired) electrons. The Balaban J connectivity index is 2.81. The number of ether oxygens (including phenoxy) is 1. The van der Waals surface area contributed by atoms with Crippen LogP contribution in [-0.4, -0.2) is 27.3 Å². The maximum atomic E-state index is 5.21. The Morgan fingerprint density at radius 1 is 1.43 bits per heavy atom. The first-order chi connectivity index (χ1) is 6.79. The molecule has 0 saturated heterocycles. The summed E-state index contributed by atoms with van der Waals surface area (Å²) in [6, 6.07) is 8.27. The van der Waals surface area contributed by atoms with Gasteiger partial charge in [-0.3, -0.25) is 0 Å². The molecule has 1 atom stereocenters. The lowest BCUT2D eigenvalue weighted by Crippen LogP contribution is -2.21. The van der Waals surface area contributed by atoms with E-state index in [0.29, 0.717) is 5.92 Å². The third-order valence-electron chi connectivity index (χ3n) is 2.16. The number of likely N-dealkylation sites (N-methyl/N-ethyl adjacent to an activating group) is 1. The second kappa shape index (κ2) is 6.17. The van der Waals surface area contributed by atoms with Crippen molar-refractivity contribution in [2.45, 2.75) is 5.92 Å². The normalized spacial score (nSPS) is 12.8. The summed E-state index contributed by atoms with van der Waals surface area (Å²) >= 11 is 3.55. The highest BCUT2D eigenvalue weighted by molar-refractivity contribution is 9.10. The Kier molecular flexibility index (Phi) is 5.15. The molecule has 0 saturated carbocycles. The molecular weight excluding hydrogens is 242 g/mol. The van der Waals surface area contributed by atoms with Crippen molar-refractivity contribution in [2.75, 3.05) is 27.3 Å². The highest BCUT2D eigenvalue weighted by Gasteiger charge is 2.12. The summed E-state index contributed by atoms with van der Waals surface area (Å²) in [5, 5.41) is 3.18. The summed E-state index contributed by atoms with van der Waals surface area (Å²) in [6.45, 7) is 1.67. The molecule has 1 rings (SSSR count). The smallest absolute Gasteiger partial charge is 0.0543 e. The predicted molar refractivity (Wildman–Crippen MR) is 62.7 cm³/mol. The maximum absolute atomic E-state index is 5.21. The second-order valence-corrected chi connectivity index (χ2v) is 4.09. The van der Waals surface area contributed by atoms with E-state index < -0.39 is 0 Å². The van der Waals surface area contributed by atoms with E-state index in [1.165, 1.54) is 5.56 Å². The van der Waals surface area contributed by atoms with Gasteiger partial charge in [0.05, 0.1) is 6.61 Å². The molecule has 1 N–H and O–H groups in total. The van der Waals surface area contributed by atoms with E-state index in [0.717, 1.165) is 17.6 Å². The molecule has 0 aliphatic heterocycles. The van der Waals surface area contributed by atoms with E-state index in [1.807, 2.05) is 13.1 Å². The second-order valence-electron chi connectivity index (χ2n) is 3.23. The van der Waals surface area contributed by atoms with Gasteiger partial charge in [0.25, 0.3) is 0 Å². The van der Waals surface area contributed by atoms with Gasteiger partial charge in [-0.05, 0) is 18.7 Å². The average Bonchev–Trinajstić information content (AvgIpc) is 2.18. The molecule has 2 nitrogen and oxygen atoms in total. The van der Waals surface area contributed by atoms with Gasteiger partial charge in [-0.25, -0.2) is 0 Å². The SMILES string of the molecule is CNCC(COC)c1ccccc1Br. The van der Waals surface area contributed by atoms with Gasteiger partial charge in [-0.15, -0.1) is 0 Å². The first-order valence-corrected chi connectivity index (χ1v) is 5.46.